The number of aryl methyl sites for hydroxylation is 2. The van der Waals surface area contributed by atoms with Gasteiger partial charge in [-0.25, -0.2) is 9.78 Å². The van der Waals surface area contributed by atoms with E-state index < -0.39 is 37.0 Å². The molecule has 7 nitrogen and oxygen atoms in total. The van der Waals surface area contributed by atoms with Gasteiger partial charge in [-0.2, -0.15) is 0 Å². The van der Waals surface area contributed by atoms with Crippen molar-refractivity contribution in [3.05, 3.63) is 27.2 Å². The fourth-order valence-electron chi connectivity index (χ4n) is 2.58. The second kappa shape index (κ2) is 6.70. The Morgan fingerprint density at radius 1 is 1.43 bits per heavy atom. The van der Waals surface area contributed by atoms with Crippen LogP contribution >= 0.6 is 0 Å². The molecule has 0 saturated carbocycles. The molecule has 0 aliphatic heterocycles. The lowest BCUT2D eigenvalue weighted by Gasteiger charge is -2.16. The summed E-state index contributed by atoms with van der Waals surface area (Å²) < 4.78 is 48.2. The first kappa shape index (κ1) is 10.8. The highest BCUT2D eigenvalue weighted by molar-refractivity contribution is 5.69. The number of aromatic nitrogens is 4. The summed E-state index contributed by atoms with van der Waals surface area (Å²) in [5.41, 5.74) is -3.33. The van der Waals surface area contributed by atoms with Crippen LogP contribution in [0.1, 0.15) is 54.5 Å². The van der Waals surface area contributed by atoms with Gasteiger partial charge in [0.1, 0.15) is 0 Å². The molecular formula is C16H26N4O3. The first-order valence-corrected chi connectivity index (χ1v) is 7.63. The summed E-state index contributed by atoms with van der Waals surface area (Å²) in [7, 11) is 1.51. The van der Waals surface area contributed by atoms with Crippen molar-refractivity contribution in [3.63, 3.8) is 0 Å². The van der Waals surface area contributed by atoms with Gasteiger partial charge in [0.15, 0.2) is 11.2 Å². The summed E-state index contributed by atoms with van der Waals surface area (Å²) in [6.07, 6.45) is 1.93. The highest BCUT2D eigenvalue weighted by Crippen LogP contribution is 2.12. The molecule has 0 aliphatic rings. The van der Waals surface area contributed by atoms with Gasteiger partial charge in [-0.05, 0) is 39.4 Å². The molecule has 2 rings (SSSR count). The Morgan fingerprint density at radius 2 is 2.22 bits per heavy atom. The summed E-state index contributed by atoms with van der Waals surface area (Å²) in [4.78, 5) is 29.5. The lowest BCUT2D eigenvalue weighted by molar-refractivity contribution is 0.0678. The molecule has 0 spiro atoms. The molecule has 7 heteroatoms. The standard InChI is InChI=1S/C16H26N4O3/c1-5-9-19-11-17-13-12(19)14(21)20(15(22)18(13)4)10-7-6-8-16(2,3)23/h11,23H,5-10H2,1-4H3/i2D3,3T3. The topological polar surface area (TPSA) is 82.1 Å². The highest BCUT2D eigenvalue weighted by atomic mass is 16.3. The van der Waals surface area contributed by atoms with Crippen LogP contribution in [0, 0.1) is 0 Å². The van der Waals surface area contributed by atoms with E-state index in [1.165, 1.54) is 17.9 Å². The second-order valence-electron chi connectivity index (χ2n) is 5.73. The van der Waals surface area contributed by atoms with E-state index >= 15 is 0 Å². The zero-order valence-electron chi connectivity index (χ0n) is 19.4. The molecule has 0 radical (unpaired) electrons. The molecular weight excluding hydrogens is 296 g/mol. The molecule has 23 heavy (non-hydrogen) atoms. The van der Waals surface area contributed by atoms with Gasteiger partial charge in [0, 0.05) is 28.4 Å². The Balaban J connectivity index is 2.26. The van der Waals surface area contributed by atoms with Crippen molar-refractivity contribution >= 4 is 11.2 Å². The number of hydrogen-bond donors (Lipinski definition) is 1. The van der Waals surface area contributed by atoms with Gasteiger partial charge in [-0.15, -0.1) is 0 Å². The van der Waals surface area contributed by atoms with Gasteiger partial charge in [-0.3, -0.25) is 13.9 Å². The number of unbranched alkanes of at least 4 members (excludes halogenated alkanes) is 1. The highest BCUT2D eigenvalue weighted by Gasteiger charge is 2.16. The Kier molecular flexibility index (Phi) is 3.15. The fraction of sp³-hybridized carbons (Fsp3) is 0.688. The minimum atomic E-state index is -3.09. The molecule has 0 aromatic carbocycles. The van der Waals surface area contributed by atoms with Gasteiger partial charge in [0.2, 0.25) is 0 Å². The average Bonchev–Trinajstić information content (AvgIpc) is 3.01. The van der Waals surface area contributed by atoms with Gasteiger partial charge in [-0.1, -0.05) is 6.92 Å². The third-order valence-electron chi connectivity index (χ3n) is 3.74. The molecule has 0 amide bonds. The summed E-state index contributed by atoms with van der Waals surface area (Å²) >= 11 is 0. The largest absolute Gasteiger partial charge is 0.390 e. The van der Waals surface area contributed by atoms with Crippen LogP contribution in [0.4, 0.5) is 0 Å². The van der Waals surface area contributed by atoms with E-state index in [4.69, 9.17) is 8.22 Å². The quantitative estimate of drug-likeness (QED) is 0.774. The predicted octanol–water partition coefficient (Wildman–Crippen LogP) is 1.25. The maximum Gasteiger partial charge on any atom is 0.332 e. The summed E-state index contributed by atoms with van der Waals surface area (Å²) in [6.45, 7) is -3.69. The van der Waals surface area contributed by atoms with Crippen LogP contribution in [0.25, 0.3) is 11.2 Å². The SMILES string of the molecule is [2H]C([2H])([2H])C(O)(CCCCn1c(=O)c2c(ncn2CCC)n(C)c1=O)C([3H])([3H])[3H]. The van der Waals surface area contributed by atoms with Gasteiger partial charge < -0.3 is 9.67 Å². The maximum absolute atomic E-state index is 12.8. The summed E-state index contributed by atoms with van der Waals surface area (Å²) in [5.74, 6) is 0. The Hall–Kier alpha value is -1.89. The van der Waals surface area contributed by atoms with Crippen LogP contribution in [0.5, 0.6) is 0 Å². The van der Waals surface area contributed by atoms with Gasteiger partial charge >= 0.3 is 5.69 Å². The predicted molar refractivity (Wildman–Crippen MR) is 89.7 cm³/mol. The number of imidazole rings is 1. The van der Waals surface area contributed by atoms with E-state index in [0.29, 0.717) is 12.1 Å². The lowest BCUT2D eigenvalue weighted by atomic mass is 10.0. The van der Waals surface area contributed by atoms with E-state index in [1.807, 2.05) is 6.92 Å². The maximum atomic E-state index is 12.8. The van der Waals surface area contributed by atoms with Crippen molar-refractivity contribution in [2.45, 2.75) is 65.0 Å². The van der Waals surface area contributed by atoms with Crippen molar-refractivity contribution in [1.82, 2.24) is 18.7 Å². The normalized spacial score (nSPS) is 19.3. The fourth-order valence-corrected chi connectivity index (χ4v) is 2.58. The van der Waals surface area contributed by atoms with Gasteiger partial charge in [0.05, 0.1) is 11.9 Å². The molecule has 2 aromatic heterocycles. The van der Waals surface area contributed by atoms with Crippen LogP contribution in [-0.2, 0) is 20.1 Å². The van der Waals surface area contributed by atoms with E-state index in [-0.39, 0.29) is 25.0 Å². The molecule has 1 N–H and O–H groups in total. The number of hydrogen-bond acceptors (Lipinski definition) is 4. The molecule has 0 fully saturated rings. The van der Waals surface area contributed by atoms with Crippen molar-refractivity contribution in [2.75, 3.05) is 0 Å². The second-order valence-corrected chi connectivity index (χ2v) is 5.73. The average molecular weight is 331 g/mol. The van der Waals surface area contributed by atoms with E-state index in [0.717, 1.165) is 11.0 Å². The third-order valence-corrected chi connectivity index (χ3v) is 3.74. The first-order chi connectivity index (χ1) is 13.3. The van der Waals surface area contributed by atoms with Crippen LogP contribution in [0.2, 0.25) is 0 Å². The number of aliphatic hydroxyl groups is 1. The number of nitrogens with zero attached hydrogens (tertiary/aromatic N) is 4. The molecule has 2 aromatic rings. The molecule has 1 atom stereocenters. The van der Waals surface area contributed by atoms with Crippen LogP contribution < -0.4 is 11.2 Å². The Bertz CT molecular complexity index is 972. The van der Waals surface area contributed by atoms with Crippen LogP contribution in [0.3, 0.4) is 0 Å². The monoisotopic (exact) mass is 331 g/mol. The summed E-state index contributed by atoms with van der Waals surface area (Å²) in [6, 6.07) is 0. The van der Waals surface area contributed by atoms with E-state index in [1.54, 1.807) is 4.57 Å². The van der Waals surface area contributed by atoms with E-state index in [9.17, 15) is 14.7 Å². The van der Waals surface area contributed by atoms with Crippen molar-refractivity contribution < 1.29 is 13.3 Å². The number of fused-ring (bicyclic) bond motifs is 1. The zero-order valence-corrected chi connectivity index (χ0v) is 13.4. The molecule has 2 heterocycles. The number of rotatable bonds is 7. The molecule has 0 aliphatic carbocycles. The van der Waals surface area contributed by atoms with Crippen molar-refractivity contribution in [3.8, 4) is 0 Å². The van der Waals surface area contributed by atoms with Gasteiger partial charge in [0.25, 0.3) is 5.56 Å². The Morgan fingerprint density at radius 3 is 2.87 bits per heavy atom. The Labute approximate surface area is 143 Å². The molecule has 128 valence electrons. The summed E-state index contributed by atoms with van der Waals surface area (Å²) in [5, 5.41) is 10.3. The van der Waals surface area contributed by atoms with Crippen LogP contribution in [0.15, 0.2) is 15.9 Å². The van der Waals surface area contributed by atoms with Crippen molar-refractivity contribution in [1.29, 1.82) is 0 Å². The molecule has 1 unspecified atom stereocenters. The zero-order chi connectivity index (χ0) is 22.2. The lowest BCUT2D eigenvalue weighted by Crippen LogP contribution is -2.39. The third kappa shape index (κ3) is 3.72. The molecule has 0 saturated heterocycles. The van der Waals surface area contributed by atoms with Crippen LogP contribution in [-0.4, -0.2) is 29.4 Å². The molecule has 0 bridgehead atoms. The minimum absolute atomic E-state index is 0.00906. The van der Waals surface area contributed by atoms with Crippen molar-refractivity contribution in [2.24, 2.45) is 7.05 Å². The minimum Gasteiger partial charge on any atom is -0.390 e. The van der Waals surface area contributed by atoms with E-state index in [2.05, 4.69) is 4.98 Å². The smallest absolute Gasteiger partial charge is 0.332 e. The first-order valence-electron chi connectivity index (χ1n) is 10.6.